The summed E-state index contributed by atoms with van der Waals surface area (Å²) in [6.45, 7) is 3.74. The van der Waals surface area contributed by atoms with E-state index >= 15 is 0 Å². The van der Waals surface area contributed by atoms with Crippen molar-refractivity contribution in [1.82, 2.24) is 4.57 Å². The molecule has 1 aromatic heterocycles. The van der Waals surface area contributed by atoms with Crippen molar-refractivity contribution >= 4 is 16.8 Å². The Morgan fingerprint density at radius 3 is 2.58 bits per heavy atom. The van der Waals surface area contributed by atoms with Gasteiger partial charge in [-0.3, -0.25) is 0 Å². The van der Waals surface area contributed by atoms with Crippen molar-refractivity contribution in [1.29, 1.82) is 0 Å². The maximum absolute atomic E-state index is 12.2. The molecule has 2 heterocycles. The highest BCUT2D eigenvalue weighted by Gasteiger charge is 2.18. The molecule has 0 saturated carbocycles. The van der Waals surface area contributed by atoms with Crippen LogP contribution in [0.1, 0.15) is 24.8 Å². The maximum Gasteiger partial charge on any atom is 0.424 e. The van der Waals surface area contributed by atoms with Gasteiger partial charge in [-0.1, -0.05) is 30.3 Å². The zero-order valence-corrected chi connectivity index (χ0v) is 15.3. The Morgan fingerprint density at radius 2 is 1.73 bits per heavy atom. The van der Waals surface area contributed by atoms with Gasteiger partial charge in [-0.2, -0.15) is 0 Å². The number of quaternary nitrogens is 1. The van der Waals surface area contributed by atoms with Gasteiger partial charge in [0.25, 0.3) is 0 Å². The van der Waals surface area contributed by atoms with E-state index in [1.54, 1.807) is 4.57 Å². The lowest BCUT2D eigenvalue weighted by Gasteiger charge is -2.31. The fourth-order valence-corrected chi connectivity index (χ4v) is 3.92. The summed E-state index contributed by atoms with van der Waals surface area (Å²) in [5.74, 6) is -0.283. The summed E-state index contributed by atoms with van der Waals surface area (Å²) < 4.78 is 7.09. The van der Waals surface area contributed by atoms with Gasteiger partial charge in [-0.05, 0) is 37.5 Å². The average molecular weight is 352 g/mol. The number of fused-ring (bicyclic) bond motifs is 1. The van der Waals surface area contributed by atoms with Crippen LogP contribution in [0.4, 0.5) is 5.69 Å². The highest BCUT2D eigenvalue weighted by Crippen LogP contribution is 2.23. The zero-order chi connectivity index (χ0) is 17.9. The summed E-state index contributed by atoms with van der Waals surface area (Å²) in [7, 11) is 2.13. The van der Waals surface area contributed by atoms with Crippen LogP contribution in [0.5, 0.6) is 0 Å². The van der Waals surface area contributed by atoms with E-state index in [1.165, 1.54) is 35.4 Å². The van der Waals surface area contributed by atoms with E-state index in [0.717, 1.165) is 25.2 Å². The molecule has 3 aromatic rings. The third-order valence-corrected chi connectivity index (χ3v) is 5.18. The second-order valence-electron chi connectivity index (χ2n) is 7.23. The first-order chi connectivity index (χ1) is 12.7. The molecule has 1 aliphatic heterocycles. The van der Waals surface area contributed by atoms with E-state index in [0.29, 0.717) is 12.3 Å². The molecule has 2 aromatic carbocycles. The summed E-state index contributed by atoms with van der Waals surface area (Å²) in [4.78, 5) is 16.0. The van der Waals surface area contributed by atoms with E-state index in [2.05, 4.69) is 36.2 Å². The molecule has 136 valence electrons. The molecular formula is C21H26N3O2+. The van der Waals surface area contributed by atoms with Crippen LogP contribution in [0.15, 0.2) is 57.7 Å². The van der Waals surface area contributed by atoms with Gasteiger partial charge >= 0.3 is 5.76 Å². The number of benzene rings is 2. The van der Waals surface area contributed by atoms with Crippen LogP contribution in [0.2, 0.25) is 0 Å². The number of rotatable bonds is 5. The molecule has 0 spiro atoms. The first-order valence-electron chi connectivity index (χ1n) is 9.45. The lowest BCUT2D eigenvalue weighted by atomic mass is 10.1. The third kappa shape index (κ3) is 3.40. The van der Waals surface area contributed by atoms with Crippen LogP contribution in [0, 0.1) is 0 Å². The Morgan fingerprint density at radius 1 is 1.00 bits per heavy atom. The van der Waals surface area contributed by atoms with Gasteiger partial charge < -0.3 is 14.2 Å². The van der Waals surface area contributed by atoms with Crippen molar-refractivity contribution in [2.45, 2.75) is 32.5 Å². The van der Waals surface area contributed by atoms with E-state index in [9.17, 15) is 4.79 Å². The number of hydrogen-bond donors (Lipinski definition) is 1. The van der Waals surface area contributed by atoms with Gasteiger partial charge in [0.1, 0.15) is 6.54 Å². The lowest BCUT2D eigenvalue weighted by molar-refractivity contribution is -0.916. The Hall–Kier alpha value is -2.53. The van der Waals surface area contributed by atoms with E-state index in [4.69, 9.17) is 4.42 Å². The second-order valence-corrected chi connectivity index (χ2v) is 7.23. The second kappa shape index (κ2) is 7.38. The highest BCUT2D eigenvalue weighted by atomic mass is 16.4. The molecule has 1 N–H and O–H groups in total. The largest absolute Gasteiger partial charge is 0.424 e. The quantitative estimate of drug-likeness (QED) is 0.766. The zero-order valence-electron chi connectivity index (χ0n) is 15.3. The monoisotopic (exact) mass is 352 g/mol. The Kier molecular flexibility index (Phi) is 4.80. The fourth-order valence-electron chi connectivity index (χ4n) is 3.92. The summed E-state index contributed by atoms with van der Waals surface area (Å²) in [6, 6.07) is 16.3. The summed E-state index contributed by atoms with van der Waals surface area (Å²) in [5.41, 5.74) is 4.20. The van der Waals surface area contributed by atoms with Gasteiger partial charge in [0, 0.05) is 24.3 Å². The first-order valence-corrected chi connectivity index (χ1v) is 9.45. The third-order valence-electron chi connectivity index (χ3n) is 5.18. The van der Waals surface area contributed by atoms with Crippen molar-refractivity contribution in [2.24, 2.45) is 0 Å². The van der Waals surface area contributed by atoms with Crippen molar-refractivity contribution in [3.63, 3.8) is 0 Å². The molecule has 0 amide bonds. The molecule has 1 saturated heterocycles. The smallest absolute Gasteiger partial charge is 0.408 e. The Labute approximate surface area is 153 Å². The maximum atomic E-state index is 12.2. The summed E-state index contributed by atoms with van der Waals surface area (Å²) in [6.07, 6.45) is 3.88. The first kappa shape index (κ1) is 16.9. The minimum Gasteiger partial charge on any atom is -0.408 e. The van der Waals surface area contributed by atoms with Crippen molar-refractivity contribution in [3.05, 3.63) is 64.6 Å². The van der Waals surface area contributed by atoms with Gasteiger partial charge in [0.05, 0.1) is 12.6 Å². The standard InChI is InChI=1S/C21H25N3O2/c1-22(16-24-19-11-5-6-12-20(19)26-21(24)25)15-17-9-3-4-10-18(17)23-13-7-2-8-14-23/h3-6,9-12H,2,7-8,13-16H2,1H3/p+1. The number of hydrogen-bond acceptors (Lipinski definition) is 3. The van der Waals surface area contributed by atoms with Crippen LogP contribution in [-0.4, -0.2) is 24.7 Å². The predicted octanol–water partition coefficient (Wildman–Crippen LogP) is 2.26. The molecule has 26 heavy (non-hydrogen) atoms. The minimum atomic E-state index is -0.283. The topological polar surface area (TPSA) is 42.8 Å². The van der Waals surface area contributed by atoms with Gasteiger partial charge in [0.15, 0.2) is 12.3 Å². The Balaban J connectivity index is 1.54. The molecular weight excluding hydrogens is 326 g/mol. The van der Waals surface area contributed by atoms with Crippen molar-refractivity contribution in [3.8, 4) is 0 Å². The van der Waals surface area contributed by atoms with E-state index in [1.807, 2.05) is 24.3 Å². The molecule has 5 heteroatoms. The number of nitrogens with one attached hydrogen (secondary N) is 1. The van der Waals surface area contributed by atoms with E-state index in [-0.39, 0.29) is 5.76 Å². The molecule has 1 atom stereocenters. The molecule has 0 bridgehead atoms. The number of aromatic nitrogens is 1. The highest BCUT2D eigenvalue weighted by molar-refractivity contribution is 5.72. The van der Waals surface area contributed by atoms with E-state index < -0.39 is 0 Å². The van der Waals surface area contributed by atoms with Gasteiger partial charge in [-0.25, -0.2) is 9.36 Å². The summed E-state index contributed by atoms with van der Waals surface area (Å²) in [5, 5.41) is 0. The van der Waals surface area contributed by atoms with Crippen molar-refractivity contribution < 1.29 is 9.32 Å². The minimum absolute atomic E-state index is 0.283. The lowest BCUT2D eigenvalue weighted by Crippen LogP contribution is -3.07. The summed E-state index contributed by atoms with van der Waals surface area (Å²) >= 11 is 0. The molecule has 5 nitrogen and oxygen atoms in total. The average Bonchev–Trinajstić information content (AvgIpc) is 2.98. The molecule has 4 rings (SSSR count). The van der Waals surface area contributed by atoms with Crippen molar-refractivity contribution in [2.75, 3.05) is 25.0 Å². The number of anilines is 1. The molecule has 1 aliphatic rings. The number of oxazole rings is 1. The molecule has 0 radical (unpaired) electrons. The normalized spacial score (nSPS) is 16.1. The van der Waals surface area contributed by atoms with Crippen LogP contribution < -0.4 is 15.6 Å². The van der Waals surface area contributed by atoms with Gasteiger partial charge in [-0.15, -0.1) is 0 Å². The van der Waals surface area contributed by atoms with Gasteiger partial charge in [0.2, 0.25) is 0 Å². The molecule has 1 unspecified atom stereocenters. The predicted molar refractivity (Wildman–Crippen MR) is 104 cm³/mol. The van der Waals surface area contributed by atoms with Crippen LogP contribution in [0.25, 0.3) is 11.1 Å². The van der Waals surface area contributed by atoms with Crippen LogP contribution in [-0.2, 0) is 13.2 Å². The number of para-hydroxylation sites is 3. The molecule has 1 fully saturated rings. The molecule has 0 aliphatic carbocycles. The Bertz CT molecular complexity index is 938. The SMILES string of the molecule is C[NH+](Cc1ccccc1N1CCCCC1)Cn1c(=O)oc2ccccc21. The number of nitrogens with zero attached hydrogens (tertiary/aromatic N) is 2. The van der Waals surface area contributed by atoms with Crippen LogP contribution in [0.3, 0.4) is 0 Å². The fraction of sp³-hybridized carbons (Fsp3) is 0.381. The van der Waals surface area contributed by atoms with Crippen LogP contribution >= 0.6 is 0 Å². The number of piperidine rings is 1.